The molecule has 0 aliphatic carbocycles. The van der Waals surface area contributed by atoms with E-state index in [1.807, 2.05) is 0 Å². The normalized spacial score (nSPS) is 12.4. The van der Waals surface area contributed by atoms with E-state index in [2.05, 4.69) is 81.5 Å². The Bertz CT molecular complexity index is 1440. The summed E-state index contributed by atoms with van der Waals surface area (Å²) in [5, 5.41) is 0. The van der Waals surface area contributed by atoms with Crippen LogP contribution < -0.4 is 0 Å². The van der Waals surface area contributed by atoms with E-state index in [1.165, 1.54) is 250 Å². The minimum atomic E-state index is -0.774. The molecule has 0 aromatic rings. The van der Waals surface area contributed by atoms with Crippen LogP contribution in [0.4, 0.5) is 0 Å². The summed E-state index contributed by atoms with van der Waals surface area (Å²) >= 11 is 0. The second kappa shape index (κ2) is 69.6. The Hall–Kier alpha value is -2.89. The number of ether oxygens (including phenoxy) is 3. The van der Waals surface area contributed by atoms with Crippen LogP contribution in [0.1, 0.15) is 380 Å². The molecule has 0 aliphatic heterocycles. The molecule has 0 aliphatic rings. The predicted molar refractivity (Wildman–Crippen MR) is 353 cm³/mol. The smallest absolute Gasteiger partial charge is 0.306 e. The van der Waals surface area contributed by atoms with Crippen molar-refractivity contribution in [1.82, 2.24) is 0 Å². The molecule has 0 aromatic carbocycles. The van der Waals surface area contributed by atoms with Gasteiger partial charge in [-0.1, -0.05) is 338 Å². The van der Waals surface area contributed by atoms with Crippen molar-refractivity contribution >= 4 is 17.9 Å². The van der Waals surface area contributed by atoms with Crippen molar-refractivity contribution in [1.29, 1.82) is 0 Å². The van der Waals surface area contributed by atoms with E-state index in [4.69, 9.17) is 14.2 Å². The second-order valence-corrected chi connectivity index (χ2v) is 24.1. The summed E-state index contributed by atoms with van der Waals surface area (Å²) in [6, 6.07) is 0. The van der Waals surface area contributed by atoms with Gasteiger partial charge in [-0.2, -0.15) is 0 Å². The third-order valence-corrected chi connectivity index (χ3v) is 16.0. The van der Waals surface area contributed by atoms with Crippen molar-refractivity contribution in [2.75, 3.05) is 13.2 Å². The van der Waals surface area contributed by atoms with E-state index in [9.17, 15) is 14.4 Å². The van der Waals surface area contributed by atoms with E-state index >= 15 is 0 Å². The first kappa shape index (κ1) is 78.1. The highest BCUT2D eigenvalue weighted by molar-refractivity contribution is 5.71. The Labute approximate surface area is 504 Å². The molecule has 0 radical (unpaired) electrons. The molecule has 0 heterocycles. The van der Waals surface area contributed by atoms with Crippen molar-refractivity contribution < 1.29 is 28.6 Å². The average Bonchev–Trinajstić information content (AvgIpc) is 3.46. The maximum atomic E-state index is 12.9. The highest BCUT2D eigenvalue weighted by Crippen LogP contribution is 2.18. The minimum Gasteiger partial charge on any atom is -0.462 e. The van der Waals surface area contributed by atoms with Gasteiger partial charge in [-0.25, -0.2) is 0 Å². The molecule has 6 heteroatoms. The topological polar surface area (TPSA) is 78.9 Å². The van der Waals surface area contributed by atoms with Gasteiger partial charge in [0.15, 0.2) is 6.10 Å². The molecule has 0 N–H and O–H groups in total. The van der Waals surface area contributed by atoms with Crippen LogP contribution in [0.2, 0.25) is 0 Å². The van der Waals surface area contributed by atoms with Gasteiger partial charge in [-0.05, 0) is 83.5 Å². The molecule has 6 nitrogen and oxygen atoms in total. The quantitative estimate of drug-likeness (QED) is 0.0261. The molecule has 1 unspecified atom stereocenters. The lowest BCUT2D eigenvalue weighted by Gasteiger charge is -2.18. The first-order valence-electron chi connectivity index (χ1n) is 35.8. The highest BCUT2D eigenvalue weighted by atomic mass is 16.6. The fourth-order valence-electron chi connectivity index (χ4n) is 10.7. The molecular weight excluding hydrogens is 997 g/mol. The molecule has 0 bridgehead atoms. The van der Waals surface area contributed by atoms with E-state index in [1.54, 1.807) is 0 Å². The summed E-state index contributed by atoms with van der Waals surface area (Å²) in [4.78, 5) is 38.4. The van der Waals surface area contributed by atoms with Gasteiger partial charge in [-0.3, -0.25) is 14.4 Å². The Morgan fingerprint density at radius 1 is 0.259 bits per heavy atom. The fraction of sp³-hybridized carbons (Fsp3) is 0.827. The van der Waals surface area contributed by atoms with Gasteiger partial charge in [0, 0.05) is 19.3 Å². The second-order valence-electron chi connectivity index (χ2n) is 24.1. The standard InChI is InChI=1S/C75H136O6/c1-4-7-10-13-16-19-22-25-27-29-31-32-33-34-35-36-37-38-39-40-41-42-44-45-47-50-53-56-59-62-65-68-74(77)80-71-72(70-79-73(76)67-64-61-58-55-52-49-24-21-18-15-12-9-6-3)81-75(78)69-66-63-60-57-54-51-48-46-43-30-28-26-23-20-17-14-11-8-5-2/h7,10,16,19,21,24-25,27,31-32,72H,4-6,8-9,11-15,17-18,20,22-23,26,28-30,33-71H2,1-3H3/b10-7-,19-16-,24-21-,27-25-,32-31-. The summed E-state index contributed by atoms with van der Waals surface area (Å²) in [5.74, 6) is -0.852. The molecule has 0 spiro atoms. The number of carbonyl (C=O) groups excluding carboxylic acids is 3. The van der Waals surface area contributed by atoms with Crippen LogP contribution in [-0.4, -0.2) is 37.2 Å². The van der Waals surface area contributed by atoms with Gasteiger partial charge < -0.3 is 14.2 Å². The molecule has 0 saturated heterocycles. The van der Waals surface area contributed by atoms with Crippen LogP contribution in [0.25, 0.3) is 0 Å². The lowest BCUT2D eigenvalue weighted by atomic mass is 10.0. The zero-order valence-electron chi connectivity index (χ0n) is 54.3. The number of allylic oxidation sites excluding steroid dienone is 10. The van der Waals surface area contributed by atoms with Gasteiger partial charge >= 0.3 is 17.9 Å². The molecule has 0 fully saturated rings. The average molecular weight is 1130 g/mol. The van der Waals surface area contributed by atoms with Crippen molar-refractivity contribution in [3.8, 4) is 0 Å². The number of hydrogen-bond donors (Lipinski definition) is 0. The number of hydrogen-bond acceptors (Lipinski definition) is 6. The molecule has 472 valence electrons. The van der Waals surface area contributed by atoms with Crippen LogP contribution in [0.5, 0.6) is 0 Å². The largest absolute Gasteiger partial charge is 0.462 e. The van der Waals surface area contributed by atoms with Gasteiger partial charge in [0.05, 0.1) is 0 Å². The SMILES string of the molecule is CC/C=C\C/C=C\C/C=C\C/C=C\CCCCCCCCCCCCCCCCCCCCC(=O)OCC(COC(=O)CCCCCCC/C=C\CCCCCC)OC(=O)CCCCCCCCCCCCCCCCCCCCC. The number of carbonyl (C=O) groups is 3. The molecule has 0 rings (SSSR count). The third kappa shape index (κ3) is 67.8. The summed E-state index contributed by atoms with van der Waals surface area (Å²) < 4.78 is 17.0. The Morgan fingerprint density at radius 2 is 0.481 bits per heavy atom. The fourth-order valence-corrected chi connectivity index (χ4v) is 10.7. The lowest BCUT2D eigenvalue weighted by Crippen LogP contribution is -2.30. The predicted octanol–water partition coefficient (Wildman–Crippen LogP) is 24.7. The first-order chi connectivity index (χ1) is 40.0. The van der Waals surface area contributed by atoms with Crippen molar-refractivity contribution in [3.05, 3.63) is 60.8 Å². The number of rotatable bonds is 66. The summed E-state index contributed by atoms with van der Waals surface area (Å²) in [6.07, 6.45) is 89.7. The minimum absolute atomic E-state index is 0.0706. The zero-order valence-corrected chi connectivity index (χ0v) is 54.3. The molecular formula is C75H136O6. The molecule has 0 aromatic heterocycles. The molecule has 81 heavy (non-hydrogen) atoms. The van der Waals surface area contributed by atoms with Crippen molar-refractivity contribution in [2.45, 2.75) is 386 Å². The Morgan fingerprint density at radius 3 is 0.778 bits per heavy atom. The van der Waals surface area contributed by atoms with Crippen LogP contribution in [0.15, 0.2) is 60.8 Å². The van der Waals surface area contributed by atoms with Gasteiger partial charge in [0.1, 0.15) is 13.2 Å². The van der Waals surface area contributed by atoms with E-state index in [0.29, 0.717) is 19.3 Å². The Balaban J connectivity index is 4.17. The van der Waals surface area contributed by atoms with E-state index in [-0.39, 0.29) is 31.1 Å². The summed E-state index contributed by atoms with van der Waals surface area (Å²) in [7, 11) is 0. The van der Waals surface area contributed by atoms with Crippen LogP contribution in [0, 0.1) is 0 Å². The third-order valence-electron chi connectivity index (χ3n) is 16.0. The van der Waals surface area contributed by atoms with Crippen LogP contribution >= 0.6 is 0 Å². The zero-order chi connectivity index (χ0) is 58.5. The van der Waals surface area contributed by atoms with Crippen LogP contribution in [-0.2, 0) is 28.6 Å². The molecule has 0 saturated carbocycles. The summed E-state index contributed by atoms with van der Waals surface area (Å²) in [5.41, 5.74) is 0. The van der Waals surface area contributed by atoms with E-state index < -0.39 is 6.10 Å². The molecule has 1 atom stereocenters. The maximum Gasteiger partial charge on any atom is 0.306 e. The van der Waals surface area contributed by atoms with Gasteiger partial charge in [0.2, 0.25) is 0 Å². The highest BCUT2D eigenvalue weighted by Gasteiger charge is 2.19. The van der Waals surface area contributed by atoms with Gasteiger partial charge in [-0.15, -0.1) is 0 Å². The Kier molecular flexibility index (Phi) is 67.1. The number of unbranched alkanes of at least 4 members (excludes halogenated alkanes) is 45. The summed E-state index contributed by atoms with van der Waals surface area (Å²) in [6.45, 7) is 6.57. The van der Waals surface area contributed by atoms with E-state index in [0.717, 1.165) is 89.9 Å². The molecule has 0 amide bonds. The van der Waals surface area contributed by atoms with Crippen molar-refractivity contribution in [2.24, 2.45) is 0 Å². The number of esters is 3. The first-order valence-corrected chi connectivity index (χ1v) is 35.8. The monoisotopic (exact) mass is 1130 g/mol. The van der Waals surface area contributed by atoms with Crippen molar-refractivity contribution in [3.63, 3.8) is 0 Å². The maximum absolute atomic E-state index is 12.9. The lowest BCUT2D eigenvalue weighted by molar-refractivity contribution is -0.167. The van der Waals surface area contributed by atoms with Crippen LogP contribution in [0.3, 0.4) is 0 Å². The van der Waals surface area contributed by atoms with Gasteiger partial charge in [0.25, 0.3) is 0 Å².